The molecule has 0 aliphatic rings. The molecule has 0 fully saturated rings. The average Bonchev–Trinajstić information content (AvgIpc) is 2.17. The molecule has 1 rings (SSSR count). The highest BCUT2D eigenvalue weighted by atomic mass is 79.9. The van der Waals surface area contributed by atoms with E-state index < -0.39 is 6.43 Å². The normalized spacial score (nSPS) is 10.7. The summed E-state index contributed by atoms with van der Waals surface area (Å²) in [5.41, 5.74) is 5.56. The van der Waals surface area contributed by atoms with Crippen LogP contribution in [-0.2, 0) is 6.54 Å². The maximum absolute atomic E-state index is 12.5. The summed E-state index contributed by atoms with van der Waals surface area (Å²) in [6.45, 7) is 0.0809. The molecule has 1 heterocycles. The lowest BCUT2D eigenvalue weighted by Crippen LogP contribution is -2.05. The minimum absolute atomic E-state index is 0.0809. The first-order valence-electron chi connectivity index (χ1n) is 3.81. The summed E-state index contributed by atoms with van der Waals surface area (Å²) in [6.07, 6.45) is -2.58. The highest BCUT2D eigenvalue weighted by Crippen LogP contribution is 2.31. The Morgan fingerprint density at radius 3 is 2.71 bits per heavy atom. The second kappa shape index (κ2) is 4.65. The van der Waals surface area contributed by atoms with E-state index in [-0.39, 0.29) is 22.5 Å². The molecule has 0 spiro atoms. The van der Waals surface area contributed by atoms with Gasteiger partial charge in [0, 0.05) is 22.6 Å². The predicted molar refractivity (Wildman–Crippen MR) is 51.3 cm³/mol. The third-order valence-corrected chi connectivity index (χ3v) is 2.58. The van der Waals surface area contributed by atoms with E-state index in [4.69, 9.17) is 10.5 Å². The molecule has 6 heteroatoms. The minimum atomic E-state index is -2.58. The first kappa shape index (κ1) is 11.3. The number of ether oxygens (including phenoxy) is 1. The molecule has 1 aromatic rings. The summed E-state index contributed by atoms with van der Waals surface area (Å²) in [7, 11) is 1.37. The zero-order chi connectivity index (χ0) is 10.7. The summed E-state index contributed by atoms with van der Waals surface area (Å²) < 4.78 is 30.0. The fourth-order valence-corrected chi connectivity index (χ4v) is 1.51. The third-order valence-electron chi connectivity index (χ3n) is 1.67. The molecule has 0 radical (unpaired) electrons. The molecule has 0 amide bonds. The Hall–Kier alpha value is -0.750. The van der Waals surface area contributed by atoms with Crippen LogP contribution in [-0.4, -0.2) is 12.1 Å². The molecule has 0 aliphatic heterocycles. The SMILES string of the molecule is COc1cc(C(F)F)c(Br)c(CN)n1. The Kier molecular flexibility index (Phi) is 3.77. The highest BCUT2D eigenvalue weighted by molar-refractivity contribution is 9.10. The van der Waals surface area contributed by atoms with Crippen molar-refractivity contribution in [1.29, 1.82) is 0 Å². The second-order valence-corrected chi connectivity index (χ2v) is 3.31. The van der Waals surface area contributed by atoms with Crippen molar-refractivity contribution in [3.05, 3.63) is 21.8 Å². The number of methoxy groups -OCH3 is 1. The van der Waals surface area contributed by atoms with Gasteiger partial charge in [0.25, 0.3) is 6.43 Å². The van der Waals surface area contributed by atoms with Crippen molar-refractivity contribution in [2.75, 3.05) is 7.11 Å². The zero-order valence-electron chi connectivity index (χ0n) is 7.43. The van der Waals surface area contributed by atoms with Crippen LogP contribution in [0.4, 0.5) is 8.78 Å². The number of halogens is 3. The lowest BCUT2D eigenvalue weighted by molar-refractivity contribution is 0.149. The zero-order valence-corrected chi connectivity index (χ0v) is 9.01. The van der Waals surface area contributed by atoms with Gasteiger partial charge in [-0.15, -0.1) is 0 Å². The third kappa shape index (κ3) is 2.19. The monoisotopic (exact) mass is 266 g/mol. The molecule has 0 saturated carbocycles. The van der Waals surface area contributed by atoms with Gasteiger partial charge in [-0.3, -0.25) is 0 Å². The standard InChI is InChI=1S/C8H9BrF2N2O/c1-14-6-2-4(8(10)11)7(9)5(3-12)13-6/h2,8H,3,12H2,1H3. The number of alkyl halides is 2. The van der Waals surface area contributed by atoms with Crippen molar-refractivity contribution >= 4 is 15.9 Å². The van der Waals surface area contributed by atoms with Crippen LogP contribution in [0, 0.1) is 0 Å². The Balaban J connectivity index is 3.27. The summed E-state index contributed by atoms with van der Waals surface area (Å²) >= 11 is 3.03. The highest BCUT2D eigenvalue weighted by Gasteiger charge is 2.17. The van der Waals surface area contributed by atoms with E-state index in [2.05, 4.69) is 20.9 Å². The molecular formula is C8H9BrF2N2O. The van der Waals surface area contributed by atoms with Crippen LogP contribution >= 0.6 is 15.9 Å². The Labute approximate surface area is 88.4 Å². The van der Waals surface area contributed by atoms with Gasteiger partial charge in [0.2, 0.25) is 5.88 Å². The lowest BCUT2D eigenvalue weighted by atomic mass is 10.2. The maximum atomic E-state index is 12.5. The fourth-order valence-electron chi connectivity index (χ4n) is 0.976. The predicted octanol–water partition coefficient (Wildman–Crippen LogP) is 2.25. The molecule has 14 heavy (non-hydrogen) atoms. The van der Waals surface area contributed by atoms with Gasteiger partial charge in [0.15, 0.2) is 0 Å². The van der Waals surface area contributed by atoms with Crippen molar-refractivity contribution in [2.45, 2.75) is 13.0 Å². The Morgan fingerprint density at radius 1 is 1.64 bits per heavy atom. The largest absolute Gasteiger partial charge is 0.481 e. The van der Waals surface area contributed by atoms with Gasteiger partial charge in [-0.05, 0) is 15.9 Å². The Morgan fingerprint density at radius 2 is 2.29 bits per heavy atom. The van der Waals surface area contributed by atoms with Crippen molar-refractivity contribution in [1.82, 2.24) is 4.98 Å². The summed E-state index contributed by atoms with van der Waals surface area (Å²) in [5.74, 6) is 0.143. The lowest BCUT2D eigenvalue weighted by Gasteiger charge is -2.09. The number of hydrogen-bond donors (Lipinski definition) is 1. The van der Waals surface area contributed by atoms with E-state index >= 15 is 0 Å². The van der Waals surface area contributed by atoms with Crippen LogP contribution in [0.2, 0.25) is 0 Å². The molecule has 0 aliphatic carbocycles. The van der Waals surface area contributed by atoms with E-state index in [9.17, 15) is 8.78 Å². The van der Waals surface area contributed by atoms with E-state index in [0.29, 0.717) is 5.69 Å². The van der Waals surface area contributed by atoms with Gasteiger partial charge in [-0.2, -0.15) is 0 Å². The van der Waals surface area contributed by atoms with Crippen molar-refractivity contribution in [2.24, 2.45) is 5.73 Å². The number of rotatable bonds is 3. The second-order valence-electron chi connectivity index (χ2n) is 2.52. The summed E-state index contributed by atoms with van der Waals surface area (Å²) in [4.78, 5) is 3.92. The minimum Gasteiger partial charge on any atom is -0.481 e. The van der Waals surface area contributed by atoms with Crippen LogP contribution in [0.3, 0.4) is 0 Å². The topological polar surface area (TPSA) is 48.1 Å². The van der Waals surface area contributed by atoms with Crippen LogP contribution in [0.15, 0.2) is 10.5 Å². The molecule has 0 bridgehead atoms. The first-order valence-corrected chi connectivity index (χ1v) is 4.61. The molecular weight excluding hydrogens is 258 g/mol. The van der Waals surface area contributed by atoms with E-state index in [1.807, 2.05) is 0 Å². The molecule has 0 saturated heterocycles. The van der Waals surface area contributed by atoms with Crippen molar-refractivity contribution in [3.63, 3.8) is 0 Å². The van der Waals surface area contributed by atoms with Gasteiger partial charge in [-0.1, -0.05) is 0 Å². The van der Waals surface area contributed by atoms with Crippen LogP contribution < -0.4 is 10.5 Å². The molecule has 0 aromatic carbocycles. The molecule has 3 nitrogen and oxygen atoms in total. The van der Waals surface area contributed by atoms with Crippen LogP contribution in [0.25, 0.3) is 0 Å². The van der Waals surface area contributed by atoms with Crippen LogP contribution in [0.5, 0.6) is 5.88 Å². The molecule has 0 unspecified atom stereocenters. The van der Waals surface area contributed by atoms with Gasteiger partial charge in [0.05, 0.1) is 12.8 Å². The van der Waals surface area contributed by atoms with E-state index in [1.54, 1.807) is 0 Å². The van der Waals surface area contributed by atoms with E-state index in [0.717, 1.165) is 0 Å². The van der Waals surface area contributed by atoms with Gasteiger partial charge >= 0.3 is 0 Å². The molecule has 1 aromatic heterocycles. The van der Waals surface area contributed by atoms with Gasteiger partial charge in [-0.25, -0.2) is 13.8 Å². The van der Waals surface area contributed by atoms with Crippen LogP contribution in [0.1, 0.15) is 17.7 Å². The van der Waals surface area contributed by atoms with Gasteiger partial charge in [0.1, 0.15) is 0 Å². The average molecular weight is 267 g/mol. The maximum Gasteiger partial charge on any atom is 0.265 e. The van der Waals surface area contributed by atoms with Crippen molar-refractivity contribution in [3.8, 4) is 5.88 Å². The van der Waals surface area contributed by atoms with Gasteiger partial charge < -0.3 is 10.5 Å². The molecule has 2 N–H and O–H groups in total. The number of nitrogens with two attached hydrogens (primary N) is 1. The van der Waals surface area contributed by atoms with Crippen molar-refractivity contribution < 1.29 is 13.5 Å². The molecule has 78 valence electrons. The summed E-state index contributed by atoms with van der Waals surface area (Å²) in [6, 6.07) is 1.19. The quantitative estimate of drug-likeness (QED) is 0.913. The summed E-state index contributed by atoms with van der Waals surface area (Å²) in [5, 5.41) is 0. The number of aromatic nitrogens is 1. The Bertz CT molecular complexity index is 333. The number of hydrogen-bond acceptors (Lipinski definition) is 3. The first-order chi connectivity index (χ1) is 6.60. The number of pyridine rings is 1. The number of nitrogens with zero attached hydrogens (tertiary/aromatic N) is 1. The molecule has 0 atom stereocenters. The fraction of sp³-hybridized carbons (Fsp3) is 0.375. The van der Waals surface area contributed by atoms with E-state index in [1.165, 1.54) is 13.2 Å². The smallest absolute Gasteiger partial charge is 0.265 e.